The number of hydrogen-bond acceptors (Lipinski definition) is 7. The van der Waals surface area contributed by atoms with Gasteiger partial charge in [0, 0.05) is 43.6 Å². The lowest BCUT2D eigenvalue weighted by Crippen LogP contribution is -2.37. The molecule has 0 N–H and O–H groups in total. The van der Waals surface area contributed by atoms with Gasteiger partial charge in [-0.2, -0.15) is 0 Å². The minimum absolute atomic E-state index is 0.0388. The van der Waals surface area contributed by atoms with E-state index in [1.807, 2.05) is 24.3 Å². The largest absolute Gasteiger partial charge is 0.493 e. The Balaban J connectivity index is 1.45. The molecule has 3 aromatic rings. The smallest absolute Gasteiger partial charge is 0.270 e. The molecule has 2 aliphatic rings. The number of carbonyl (C=O) groups excluding carboxylic acids is 1. The SMILES string of the molecule is COCc1cc(COc2cc3c(cc2OC)C(=O)N2c4ccccc4CC2C=N3)cc([N+](=O)[O-])c1. The Morgan fingerprint density at radius 3 is 2.57 bits per heavy atom. The van der Waals surface area contributed by atoms with Crippen molar-refractivity contribution in [2.24, 2.45) is 4.99 Å². The van der Waals surface area contributed by atoms with Gasteiger partial charge in [-0.15, -0.1) is 0 Å². The second-order valence-electron chi connectivity index (χ2n) is 8.36. The average molecular weight is 473 g/mol. The van der Waals surface area contributed by atoms with Gasteiger partial charge in [-0.25, -0.2) is 0 Å². The van der Waals surface area contributed by atoms with Crippen LogP contribution in [0.1, 0.15) is 27.0 Å². The molecule has 35 heavy (non-hydrogen) atoms. The van der Waals surface area contributed by atoms with Gasteiger partial charge >= 0.3 is 0 Å². The number of amides is 1. The summed E-state index contributed by atoms with van der Waals surface area (Å²) in [7, 11) is 3.03. The first-order valence-electron chi connectivity index (χ1n) is 11.0. The summed E-state index contributed by atoms with van der Waals surface area (Å²) < 4.78 is 16.6. The Morgan fingerprint density at radius 1 is 1.06 bits per heavy atom. The van der Waals surface area contributed by atoms with Gasteiger partial charge in [0.1, 0.15) is 6.61 Å². The van der Waals surface area contributed by atoms with Crippen molar-refractivity contribution in [3.05, 3.63) is 87.0 Å². The molecule has 2 aliphatic heterocycles. The van der Waals surface area contributed by atoms with Crippen LogP contribution in [0.15, 0.2) is 59.6 Å². The molecule has 9 heteroatoms. The van der Waals surface area contributed by atoms with Gasteiger partial charge in [-0.05, 0) is 34.9 Å². The highest BCUT2D eigenvalue weighted by Crippen LogP contribution is 2.41. The summed E-state index contributed by atoms with van der Waals surface area (Å²) in [4.78, 5) is 30.8. The number of ether oxygens (including phenoxy) is 3. The molecule has 178 valence electrons. The second-order valence-corrected chi connectivity index (χ2v) is 8.36. The van der Waals surface area contributed by atoms with E-state index in [1.165, 1.54) is 26.4 Å². The predicted octanol–water partition coefficient (Wildman–Crippen LogP) is 4.62. The van der Waals surface area contributed by atoms with E-state index in [4.69, 9.17) is 14.2 Å². The molecule has 0 spiro atoms. The van der Waals surface area contributed by atoms with E-state index in [0.29, 0.717) is 40.3 Å². The van der Waals surface area contributed by atoms with Gasteiger partial charge in [0.2, 0.25) is 0 Å². The predicted molar refractivity (Wildman–Crippen MR) is 130 cm³/mol. The topological polar surface area (TPSA) is 104 Å². The van der Waals surface area contributed by atoms with Crippen LogP contribution in [-0.2, 0) is 24.4 Å². The number of nitrogens with zero attached hydrogens (tertiary/aromatic N) is 3. The lowest BCUT2D eigenvalue weighted by molar-refractivity contribution is -0.385. The van der Waals surface area contributed by atoms with Crippen LogP contribution in [0.25, 0.3) is 0 Å². The van der Waals surface area contributed by atoms with Crippen LogP contribution in [0.5, 0.6) is 11.5 Å². The monoisotopic (exact) mass is 473 g/mol. The lowest BCUT2D eigenvalue weighted by atomic mass is 10.1. The molecule has 0 radical (unpaired) electrons. The van der Waals surface area contributed by atoms with Crippen LogP contribution in [0, 0.1) is 10.1 Å². The number of nitro groups is 1. The summed E-state index contributed by atoms with van der Waals surface area (Å²) in [6, 6.07) is 15.7. The van der Waals surface area contributed by atoms with Gasteiger partial charge in [0.05, 0.1) is 35.9 Å². The summed E-state index contributed by atoms with van der Waals surface area (Å²) in [5.41, 5.74) is 4.14. The third-order valence-corrected chi connectivity index (χ3v) is 6.08. The zero-order chi connectivity index (χ0) is 24.5. The average Bonchev–Trinajstić information content (AvgIpc) is 3.18. The van der Waals surface area contributed by atoms with Crippen molar-refractivity contribution in [2.75, 3.05) is 19.1 Å². The third-order valence-electron chi connectivity index (χ3n) is 6.08. The maximum Gasteiger partial charge on any atom is 0.270 e. The summed E-state index contributed by atoms with van der Waals surface area (Å²) in [5.74, 6) is 0.611. The Kier molecular flexibility index (Phi) is 5.92. The zero-order valence-electron chi connectivity index (χ0n) is 19.3. The number of fused-ring (bicyclic) bond motifs is 4. The van der Waals surface area contributed by atoms with Gasteiger partial charge in [0.15, 0.2) is 11.5 Å². The fourth-order valence-electron chi connectivity index (χ4n) is 4.53. The molecule has 0 aliphatic carbocycles. The highest BCUT2D eigenvalue weighted by molar-refractivity contribution is 6.14. The third kappa shape index (κ3) is 4.22. The highest BCUT2D eigenvalue weighted by atomic mass is 16.6. The quantitative estimate of drug-likeness (QED) is 0.367. The summed E-state index contributed by atoms with van der Waals surface area (Å²) >= 11 is 0. The van der Waals surface area contributed by atoms with Gasteiger partial charge < -0.3 is 14.2 Å². The van der Waals surface area contributed by atoms with Crippen LogP contribution >= 0.6 is 0 Å². The van der Waals surface area contributed by atoms with Crippen molar-refractivity contribution < 1.29 is 23.9 Å². The number of benzene rings is 3. The molecule has 9 nitrogen and oxygen atoms in total. The van der Waals surface area contributed by atoms with Crippen LogP contribution < -0.4 is 14.4 Å². The Hall–Kier alpha value is -4.24. The number of carbonyl (C=O) groups is 1. The van der Waals surface area contributed by atoms with Crippen molar-refractivity contribution in [1.29, 1.82) is 0 Å². The van der Waals surface area contributed by atoms with E-state index in [2.05, 4.69) is 4.99 Å². The molecule has 0 bridgehead atoms. The molecule has 0 aromatic heterocycles. The normalized spacial score (nSPS) is 15.8. The number of rotatable bonds is 7. The summed E-state index contributed by atoms with van der Waals surface area (Å²) in [5, 5.41) is 11.3. The maximum absolute atomic E-state index is 13.5. The fraction of sp³-hybridized carbons (Fsp3) is 0.231. The Bertz CT molecular complexity index is 1350. The van der Waals surface area contributed by atoms with Crippen molar-refractivity contribution in [3.63, 3.8) is 0 Å². The van der Waals surface area contributed by atoms with Gasteiger partial charge in [0.25, 0.3) is 11.6 Å². The molecular formula is C26H23N3O6. The number of methoxy groups -OCH3 is 2. The summed E-state index contributed by atoms with van der Waals surface area (Å²) in [6.07, 6.45) is 2.49. The van der Waals surface area contributed by atoms with E-state index in [9.17, 15) is 14.9 Å². The Morgan fingerprint density at radius 2 is 1.83 bits per heavy atom. The van der Waals surface area contributed by atoms with Gasteiger partial charge in [-0.3, -0.25) is 24.8 Å². The zero-order valence-corrected chi connectivity index (χ0v) is 19.3. The van der Waals surface area contributed by atoms with E-state index in [1.54, 1.807) is 29.3 Å². The first kappa shape index (κ1) is 22.5. The number of para-hydroxylation sites is 1. The Labute approximate surface area is 201 Å². The van der Waals surface area contributed by atoms with Crippen molar-refractivity contribution >= 4 is 29.2 Å². The highest BCUT2D eigenvalue weighted by Gasteiger charge is 2.36. The van der Waals surface area contributed by atoms with Crippen LogP contribution in [0.2, 0.25) is 0 Å². The number of anilines is 1. The fourth-order valence-corrected chi connectivity index (χ4v) is 4.53. The van der Waals surface area contributed by atoms with Gasteiger partial charge in [-0.1, -0.05) is 18.2 Å². The molecule has 0 saturated carbocycles. The lowest BCUT2D eigenvalue weighted by Gasteiger charge is -2.22. The van der Waals surface area contributed by atoms with E-state index in [-0.39, 0.29) is 30.9 Å². The van der Waals surface area contributed by atoms with Crippen molar-refractivity contribution in [2.45, 2.75) is 25.7 Å². The van der Waals surface area contributed by atoms with Crippen molar-refractivity contribution in [1.82, 2.24) is 0 Å². The maximum atomic E-state index is 13.5. The molecule has 0 saturated heterocycles. The molecule has 3 aromatic carbocycles. The van der Waals surface area contributed by atoms with Crippen LogP contribution in [0.4, 0.5) is 17.1 Å². The molecule has 2 heterocycles. The number of non-ortho nitro benzene ring substituents is 1. The first-order valence-corrected chi connectivity index (χ1v) is 11.0. The molecular weight excluding hydrogens is 450 g/mol. The molecule has 1 unspecified atom stereocenters. The molecule has 5 rings (SSSR count). The summed E-state index contributed by atoms with van der Waals surface area (Å²) in [6.45, 7) is 0.307. The standard InChI is InChI=1S/C26H23N3O6/c1-33-14-16-7-17(9-19(8-16)29(31)32)15-35-25-12-22-21(11-24(25)34-2)26(30)28-20(13-27-22)10-18-5-3-4-6-23(18)28/h3-9,11-13,20H,10,14-15H2,1-2H3. The van der Waals surface area contributed by atoms with Crippen LogP contribution in [0.3, 0.4) is 0 Å². The minimum atomic E-state index is -0.448. The number of aliphatic imine (C=N–C) groups is 1. The first-order chi connectivity index (χ1) is 17.0. The molecule has 0 fully saturated rings. The number of hydrogen-bond donors (Lipinski definition) is 0. The number of nitro benzene ring substituents is 1. The van der Waals surface area contributed by atoms with Crippen molar-refractivity contribution in [3.8, 4) is 11.5 Å². The van der Waals surface area contributed by atoms with Crippen LogP contribution in [-0.4, -0.2) is 37.3 Å². The van der Waals surface area contributed by atoms with E-state index >= 15 is 0 Å². The van der Waals surface area contributed by atoms with E-state index < -0.39 is 4.92 Å². The minimum Gasteiger partial charge on any atom is -0.493 e. The molecule has 1 atom stereocenters. The van der Waals surface area contributed by atoms with E-state index in [0.717, 1.165) is 11.3 Å². The molecule has 1 amide bonds. The second kappa shape index (κ2) is 9.19.